The lowest BCUT2D eigenvalue weighted by Crippen LogP contribution is -2.40. The van der Waals surface area contributed by atoms with Gasteiger partial charge in [0.15, 0.2) is 6.61 Å². The molecule has 0 saturated heterocycles. The number of hydrogen-bond acceptors (Lipinski definition) is 3. The van der Waals surface area contributed by atoms with Crippen molar-refractivity contribution in [3.05, 3.63) is 59.2 Å². The number of hydrogen-bond donors (Lipinski definition) is 2. The maximum absolute atomic E-state index is 12.1. The molecule has 0 aliphatic heterocycles. The van der Waals surface area contributed by atoms with Gasteiger partial charge in [0.05, 0.1) is 0 Å². The van der Waals surface area contributed by atoms with Gasteiger partial charge in [-0.25, -0.2) is 0 Å². The van der Waals surface area contributed by atoms with Crippen molar-refractivity contribution in [3.63, 3.8) is 0 Å². The van der Waals surface area contributed by atoms with E-state index in [0.717, 1.165) is 11.1 Å². The molecule has 5 heteroatoms. The molecule has 2 rings (SSSR count). The number of anilines is 1. The summed E-state index contributed by atoms with van der Waals surface area (Å²) < 4.78 is 5.57. The van der Waals surface area contributed by atoms with Crippen LogP contribution in [0.15, 0.2) is 42.5 Å². The largest absolute Gasteiger partial charge is 0.483 e. The summed E-state index contributed by atoms with van der Waals surface area (Å²) in [6.07, 6.45) is 0. The molecule has 138 valence electrons. The van der Waals surface area contributed by atoms with Gasteiger partial charge in [0.25, 0.3) is 11.8 Å². The van der Waals surface area contributed by atoms with E-state index >= 15 is 0 Å². The number of ether oxygens (including phenoxy) is 1. The molecule has 0 fully saturated rings. The van der Waals surface area contributed by atoms with Crippen LogP contribution in [0.1, 0.15) is 42.3 Å². The SMILES string of the molecule is Cc1ccc(OCC(=O)Nc2ccc(C(=O)NC(C)(C)C)cc2)c(C)c1. The maximum atomic E-state index is 12.1. The second-order valence-electron chi connectivity index (χ2n) is 7.39. The van der Waals surface area contributed by atoms with E-state index in [2.05, 4.69) is 10.6 Å². The van der Waals surface area contributed by atoms with E-state index in [0.29, 0.717) is 17.0 Å². The minimum Gasteiger partial charge on any atom is -0.483 e. The summed E-state index contributed by atoms with van der Waals surface area (Å²) in [4.78, 5) is 24.1. The predicted molar refractivity (Wildman–Crippen MR) is 104 cm³/mol. The Kier molecular flexibility index (Phi) is 6.03. The van der Waals surface area contributed by atoms with E-state index < -0.39 is 0 Å². The minimum atomic E-state index is -0.296. The van der Waals surface area contributed by atoms with Gasteiger partial charge in [0, 0.05) is 16.8 Å². The molecule has 0 unspecified atom stereocenters. The first kappa shape index (κ1) is 19.5. The van der Waals surface area contributed by atoms with E-state index in [1.807, 2.05) is 52.8 Å². The lowest BCUT2D eigenvalue weighted by atomic mass is 10.1. The van der Waals surface area contributed by atoms with Crippen LogP contribution >= 0.6 is 0 Å². The van der Waals surface area contributed by atoms with Crippen LogP contribution < -0.4 is 15.4 Å². The summed E-state index contributed by atoms with van der Waals surface area (Å²) >= 11 is 0. The molecule has 26 heavy (non-hydrogen) atoms. The number of amides is 2. The molecule has 2 N–H and O–H groups in total. The standard InChI is InChI=1S/C21H26N2O3/c1-14-6-11-18(15(2)12-14)26-13-19(24)22-17-9-7-16(8-10-17)20(25)23-21(3,4)5/h6-12H,13H2,1-5H3,(H,22,24)(H,23,25). The molecule has 0 atom stereocenters. The highest BCUT2D eigenvalue weighted by molar-refractivity contribution is 5.96. The molecule has 0 aromatic heterocycles. The molecule has 0 saturated carbocycles. The third kappa shape index (κ3) is 5.92. The van der Waals surface area contributed by atoms with Gasteiger partial charge in [-0.3, -0.25) is 9.59 Å². The maximum Gasteiger partial charge on any atom is 0.262 e. The molecule has 0 bridgehead atoms. The molecule has 2 amide bonds. The van der Waals surface area contributed by atoms with Gasteiger partial charge in [0.2, 0.25) is 0 Å². The van der Waals surface area contributed by atoms with Gasteiger partial charge in [-0.1, -0.05) is 17.7 Å². The van der Waals surface area contributed by atoms with Crippen molar-refractivity contribution in [2.24, 2.45) is 0 Å². The summed E-state index contributed by atoms with van der Waals surface area (Å²) in [6.45, 7) is 9.66. The number of benzene rings is 2. The number of carbonyl (C=O) groups excluding carboxylic acids is 2. The second kappa shape index (κ2) is 8.04. The molecule has 0 spiro atoms. The summed E-state index contributed by atoms with van der Waals surface area (Å²) in [5, 5.41) is 5.66. The smallest absolute Gasteiger partial charge is 0.262 e. The third-order valence-corrected chi connectivity index (χ3v) is 3.61. The predicted octanol–water partition coefficient (Wildman–Crippen LogP) is 3.85. The van der Waals surface area contributed by atoms with Crippen LogP contribution in [0.3, 0.4) is 0 Å². The molecular formula is C21H26N2O3. The number of aryl methyl sites for hydroxylation is 2. The Bertz CT molecular complexity index is 790. The van der Waals surface area contributed by atoms with Crippen molar-refractivity contribution in [2.45, 2.75) is 40.2 Å². The Balaban J connectivity index is 1.90. The van der Waals surface area contributed by atoms with Crippen molar-refractivity contribution < 1.29 is 14.3 Å². The van der Waals surface area contributed by atoms with Gasteiger partial charge in [-0.15, -0.1) is 0 Å². The van der Waals surface area contributed by atoms with Crippen LogP contribution in [-0.2, 0) is 4.79 Å². The van der Waals surface area contributed by atoms with Gasteiger partial charge in [-0.2, -0.15) is 0 Å². The first-order valence-electron chi connectivity index (χ1n) is 8.56. The third-order valence-electron chi connectivity index (χ3n) is 3.61. The fraction of sp³-hybridized carbons (Fsp3) is 0.333. The van der Waals surface area contributed by atoms with Gasteiger partial charge < -0.3 is 15.4 Å². The van der Waals surface area contributed by atoms with Crippen LogP contribution in [-0.4, -0.2) is 24.0 Å². The summed E-state index contributed by atoms with van der Waals surface area (Å²) in [5.74, 6) is 0.297. The zero-order valence-electron chi connectivity index (χ0n) is 16.0. The second-order valence-corrected chi connectivity index (χ2v) is 7.39. The first-order valence-corrected chi connectivity index (χ1v) is 8.56. The van der Waals surface area contributed by atoms with Crippen molar-refractivity contribution >= 4 is 17.5 Å². The minimum absolute atomic E-state index is 0.0733. The Hall–Kier alpha value is -2.82. The Morgan fingerprint density at radius 2 is 1.65 bits per heavy atom. The highest BCUT2D eigenvalue weighted by Crippen LogP contribution is 2.18. The Morgan fingerprint density at radius 1 is 1.00 bits per heavy atom. The lowest BCUT2D eigenvalue weighted by molar-refractivity contribution is -0.118. The highest BCUT2D eigenvalue weighted by Gasteiger charge is 2.15. The van der Waals surface area contributed by atoms with Crippen LogP contribution in [0, 0.1) is 13.8 Å². The van der Waals surface area contributed by atoms with Gasteiger partial charge >= 0.3 is 0 Å². The van der Waals surface area contributed by atoms with Gasteiger partial charge in [-0.05, 0) is 70.5 Å². The van der Waals surface area contributed by atoms with E-state index in [1.165, 1.54) is 0 Å². The number of nitrogens with one attached hydrogen (secondary N) is 2. The molecule has 0 aliphatic rings. The molecular weight excluding hydrogens is 328 g/mol. The zero-order valence-corrected chi connectivity index (χ0v) is 16.0. The molecule has 2 aromatic carbocycles. The summed E-state index contributed by atoms with van der Waals surface area (Å²) in [6, 6.07) is 12.6. The highest BCUT2D eigenvalue weighted by atomic mass is 16.5. The van der Waals surface area contributed by atoms with Gasteiger partial charge in [0.1, 0.15) is 5.75 Å². The van der Waals surface area contributed by atoms with Crippen LogP contribution in [0.5, 0.6) is 5.75 Å². The van der Waals surface area contributed by atoms with Crippen molar-refractivity contribution in [2.75, 3.05) is 11.9 Å². The topological polar surface area (TPSA) is 67.4 Å². The van der Waals surface area contributed by atoms with E-state index in [1.54, 1.807) is 24.3 Å². The van der Waals surface area contributed by atoms with E-state index in [9.17, 15) is 9.59 Å². The van der Waals surface area contributed by atoms with Crippen LogP contribution in [0.25, 0.3) is 0 Å². The fourth-order valence-corrected chi connectivity index (χ4v) is 2.42. The Morgan fingerprint density at radius 3 is 2.23 bits per heavy atom. The lowest BCUT2D eigenvalue weighted by Gasteiger charge is -2.20. The average molecular weight is 354 g/mol. The van der Waals surface area contributed by atoms with E-state index in [4.69, 9.17) is 4.74 Å². The summed E-state index contributed by atoms with van der Waals surface area (Å²) in [7, 11) is 0. The normalized spacial score (nSPS) is 11.0. The van der Waals surface area contributed by atoms with Crippen molar-refractivity contribution in [1.29, 1.82) is 0 Å². The zero-order chi connectivity index (χ0) is 19.3. The molecule has 2 aromatic rings. The monoisotopic (exact) mass is 354 g/mol. The quantitative estimate of drug-likeness (QED) is 0.857. The molecule has 0 radical (unpaired) electrons. The first-order chi connectivity index (χ1) is 12.1. The number of rotatable bonds is 5. The van der Waals surface area contributed by atoms with Crippen LogP contribution in [0.2, 0.25) is 0 Å². The molecule has 5 nitrogen and oxygen atoms in total. The van der Waals surface area contributed by atoms with Crippen molar-refractivity contribution in [1.82, 2.24) is 5.32 Å². The fourth-order valence-electron chi connectivity index (χ4n) is 2.42. The number of carbonyl (C=O) groups is 2. The molecule has 0 heterocycles. The van der Waals surface area contributed by atoms with Crippen molar-refractivity contribution in [3.8, 4) is 5.75 Å². The summed E-state index contributed by atoms with van der Waals surface area (Å²) in [5.41, 5.74) is 3.01. The average Bonchev–Trinajstić information content (AvgIpc) is 2.53. The van der Waals surface area contributed by atoms with Crippen LogP contribution in [0.4, 0.5) is 5.69 Å². The van der Waals surface area contributed by atoms with E-state index in [-0.39, 0.29) is 24.0 Å². The molecule has 0 aliphatic carbocycles. The Labute approximate surface area is 154 Å².